The molecule has 0 bridgehead atoms. The Labute approximate surface area is 522 Å². The van der Waals surface area contributed by atoms with Crippen LogP contribution in [0.1, 0.15) is 33.2 Å². The number of Topliss-reactive ketones (excluding diaryl/α,β-unsaturated/α-hetero) is 1. The molecule has 0 aliphatic heterocycles. The molecule has 0 unspecified atom stereocenters. The van der Waals surface area contributed by atoms with Crippen molar-refractivity contribution in [2.45, 2.75) is 21.6 Å². The minimum absolute atomic E-state index is 0. The van der Waals surface area contributed by atoms with Gasteiger partial charge in [0.15, 0.2) is 0 Å². The van der Waals surface area contributed by atoms with Crippen LogP contribution in [0.4, 0.5) is 39.8 Å². The van der Waals surface area contributed by atoms with Crippen molar-refractivity contribution in [3.05, 3.63) is 143 Å². The number of amides is 1. The second-order valence-electron chi connectivity index (χ2n) is 15.2. The van der Waals surface area contributed by atoms with E-state index in [1.54, 1.807) is 19.1 Å². The van der Waals surface area contributed by atoms with Gasteiger partial charge < -0.3 is 34.0 Å². The van der Waals surface area contributed by atoms with E-state index in [0.29, 0.717) is 5.69 Å². The number of nitrogens with zero attached hydrogens (tertiary/aromatic N) is 5. The first-order valence-electron chi connectivity index (χ1n) is 20.4. The smallest absolute Gasteiger partial charge is 0.744 e. The summed E-state index contributed by atoms with van der Waals surface area (Å²) in [6, 6.07) is 24.6. The molecule has 0 aromatic heterocycles. The molecular formula is C45H30N8Na4O15S4. The zero-order valence-corrected chi connectivity index (χ0v) is 51.7. The number of benzene rings is 7. The predicted molar refractivity (Wildman–Crippen MR) is 256 cm³/mol. The van der Waals surface area contributed by atoms with Crippen LogP contribution in [-0.2, 0) is 40.5 Å². The van der Waals surface area contributed by atoms with Crippen molar-refractivity contribution in [1.29, 1.82) is 0 Å². The fraction of sp³-hybridized carbons (Fsp3) is 0.0444. The van der Waals surface area contributed by atoms with Crippen LogP contribution >= 0.6 is 0 Å². The molecule has 7 aromatic carbocycles. The minimum atomic E-state index is -5.45. The second-order valence-corrected chi connectivity index (χ2v) is 20.7. The van der Waals surface area contributed by atoms with Crippen LogP contribution in [0.15, 0.2) is 166 Å². The normalized spacial score (nSPS) is 13.2. The van der Waals surface area contributed by atoms with E-state index in [4.69, 9.17) is 10.5 Å². The van der Waals surface area contributed by atoms with Crippen LogP contribution in [0.5, 0.6) is 5.75 Å². The number of fused-ring (bicyclic) bond motifs is 3. The summed E-state index contributed by atoms with van der Waals surface area (Å²) in [7, 11) is -20.5. The number of azo groups is 2. The van der Waals surface area contributed by atoms with Crippen molar-refractivity contribution in [1.82, 2.24) is 0 Å². The number of nitrogens with two attached hydrogens (primary N) is 1. The number of nitrogen functional groups attached to an aromatic ring is 1. The van der Waals surface area contributed by atoms with Crippen LogP contribution < -0.4 is 139 Å². The molecule has 0 saturated carbocycles. The van der Waals surface area contributed by atoms with Gasteiger partial charge in [0.05, 0.1) is 48.9 Å². The van der Waals surface area contributed by atoms with Gasteiger partial charge in [-0.1, -0.05) is 24.3 Å². The largest absolute Gasteiger partial charge is 1.00 e. The van der Waals surface area contributed by atoms with Crippen molar-refractivity contribution in [3.8, 4) is 5.75 Å². The van der Waals surface area contributed by atoms with Gasteiger partial charge in [0.2, 0.25) is 5.78 Å². The Morgan fingerprint density at radius 2 is 1.16 bits per heavy atom. The van der Waals surface area contributed by atoms with Gasteiger partial charge in [0.25, 0.3) is 5.91 Å². The molecule has 0 fully saturated rings. The molecule has 1 aliphatic carbocycles. The monoisotopic (exact) mass is 1140 g/mol. The number of rotatable bonds is 14. The average Bonchev–Trinajstić information content (AvgIpc) is 3.31. The maximum absolute atomic E-state index is 14.0. The number of carbonyl (C=O) groups is 2. The quantitative estimate of drug-likeness (QED) is 0.0303. The van der Waals surface area contributed by atoms with Crippen molar-refractivity contribution in [2.24, 2.45) is 25.6 Å². The Kier molecular flexibility index (Phi) is 21.8. The second kappa shape index (κ2) is 25.8. The Hall–Kier alpha value is -4.15. The van der Waals surface area contributed by atoms with Crippen LogP contribution in [0.25, 0.3) is 27.6 Å². The predicted octanol–water partition coefficient (Wildman–Crippen LogP) is -4.66. The Balaban J connectivity index is 0.00000312. The average molecular weight is 1140 g/mol. The molecule has 76 heavy (non-hydrogen) atoms. The van der Waals surface area contributed by atoms with Crippen molar-refractivity contribution in [2.75, 3.05) is 23.1 Å². The Bertz CT molecular complexity index is 4090. The van der Waals surface area contributed by atoms with Gasteiger partial charge in [-0.25, -0.2) is 33.7 Å². The topological polar surface area (TPSA) is 384 Å². The number of hydrazone groups is 1. The van der Waals surface area contributed by atoms with Gasteiger partial charge in [0, 0.05) is 50.1 Å². The number of allylic oxidation sites excluding steroid dienone is 1. The van der Waals surface area contributed by atoms with E-state index in [9.17, 15) is 61.5 Å². The Morgan fingerprint density at radius 1 is 0.592 bits per heavy atom. The van der Waals surface area contributed by atoms with E-state index in [2.05, 4.69) is 36.3 Å². The van der Waals surface area contributed by atoms with E-state index in [-0.39, 0.29) is 203 Å². The van der Waals surface area contributed by atoms with E-state index in [1.165, 1.54) is 66.7 Å². The molecule has 7 aromatic rings. The third-order valence-electron chi connectivity index (χ3n) is 10.5. The minimum Gasteiger partial charge on any atom is -0.744 e. The first-order valence-corrected chi connectivity index (χ1v) is 26.0. The summed E-state index contributed by atoms with van der Waals surface area (Å²) in [5, 5.41) is 23.3. The fourth-order valence-corrected chi connectivity index (χ4v) is 9.39. The summed E-state index contributed by atoms with van der Waals surface area (Å²) in [6.45, 7) is 1.51. The van der Waals surface area contributed by atoms with Crippen LogP contribution in [0, 0.1) is 0 Å². The summed E-state index contributed by atoms with van der Waals surface area (Å²) in [5.41, 5.74) is 7.49. The van der Waals surface area contributed by atoms with Crippen molar-refractivity contribution >= 4 is 125 Å². The van der Waals surface area contributed by atoms with Gasteiger partial charge >= 0.3 is 118 Å². The number of hydrogen-bond acceptors (Lipinski definition) is 22. The zero-order chi connectivity index (χ0) is 51.9. The summed E-state index contributed by atoms with van der Waals surface area (Å²) < 4.78 is 152. The molecule has 8 rings (SSSR count). The van der Waals surface area contributed by atoms with Gasteiger partial charge in [-0.2, -0.15) is 10.2 Å². The summed E-state index contributed by atoms with van der Waals surface area (Å²) >= 11 is 0. The SMILES string of the molecule is CCOc1cc(N=Nc2ccc(N=Nc3cccc(S(=O)(=O)[O-])c3)c3ccc(S(=O)(=O)[O-])cc23)c2cc(S(=O)(=O)[O-])ccc2c1N/N=C1/C(=O)c2ccc(NC(=O)c3cccc(N)c3)cc2C=C1S(=O)(=O)[O-].[Na+].[Na+].[Na+].[Na+]. The van der Waals surface area contributed by atoms with Gasteiger partial charge in [-0.05, 0) is 110 Å². The number of carbonyl (C=O) groups excluding carboxylic acids is 2. The number of anilines is 3. The molecular weight excluding hydrogens is 1110 g/mol. The summed E-state index contributed by atoms with van der Waals surface area (Å²) in [6.07, 6.45) is 0.893. The molecule has 4 N–H and O–H groups in total. The number of ketones is 1. The molecule has 31 heteroatoms. The molecule has 368 valence electrons. The van der Waals surface area contributed by atoms with Crippen molar-refractivity contribution < 1.29 is 184 Å². The van der Waals surface area contributed by atoms with Crippen LogP contribution in [-0.4, -0.2) is 75.9 Å². The maximum Gasteiger partial charge on any atom is 1.00 e. The maximum atomic E-state index is 14.0. The zero-order valence-electron chi connectivity index (χ0n) is 40.4. The Morgan fingerprint density at radius 3 is 1.76 bits per heavy atom. The molecule has 0 radical (unpaired) electrons. The molecule has 0 atom stereocenters. The van der Waals surface area contributed by atoms with Gasteiger partial charge in [0.1, 0.15) is 57.6 Å². The number of nitrogens with one attached hydrogen (secondary N) is 2. The fourth-order valence-electron chi connectivity index (χ4n) is 7.24. The van der Waals surface area contributed by atoms with Gasteiger partial charge in [-0.3, -0.25) is 15.0 Å². The first kappa shape index (κ1) is 64.4. The molecule has 0 saturated heterocycles. The van der Waals surface area contributed by atoms with Crippen LogP contribution in [0.3, 0.4) is 0 Å². The third-order valence-corrected chi connectivity index (χ3v) is 13.8. The standard InChI is InChI=1S/C45H34N8O15S4.4Na/c1-2-68-40-23-39(51-50-38-16-15-37(33-13-10-30(21-35(33)38)70(59,60)61)49-48-28-7-4-8-29(20-28)69(56,57)58)36-22-31(71(62,63)64)11-14-34(36)42(40)52-53-43-41(72(65,66)67)19-25-18-27(9-12-32(25)44(43)54)47-45(55)24-5-3-6-26(46)17-24;;;;/h3-23,52H,2,46H2,1H3,(H,47,55)(H,56,57,58)(H,59,60,61)(H,62,63,64)(H,65,66,67);;;;/q;4*+1/p-4/b49-48?,51-50?,53-43+;;;;. The van der Waals surface area contributed by atoms with E-state index in [0.717, 1.165) is 48.5 Å². The van der Waals surface area contributed by atoms with Crippen molar-refractivity contribution in [3.63, 3.8) is 0 Å². The molecule has 0 spiro atoms. The molecule has 0 heterocycles. The summed E-state index contributed by atoms with van der Waals surface area (Å²) in [4.78, 5) is 23.8. The van der Waals surface area contributed by atoms with E-state index < -0.39 is 77.5 Å². The third kappa shape index (κ3) is 14.7. The van der Waals surface area contributed by atoms with E-state index >= 15 is 0 Å². The number of hydrogen-bond donors (Lipinski definition) is 3. The number of ether oxygens (including phenoxy) is 1. The van der Waals surface area contributed by atoms with Gasteiger partial charge in [-0.15, -0.1) is 15.3 Å². The summed E-state index contributed by atoms with van der Waals surface area (Å²) in [5.74, 6) is -1.75. The molecule has 1 amide bonds. The van der Waals surface area contributed by atoms with Crippen LogP contribution in [0.2, 0.25) is 0 Å². The molecule has 23 nitrogen and oxygen atoms in total. The molecule has 1 aliphatic rings. The first-order chi connectivity index (χ1) is 33.9. The van der Waals surface area contributed by atoms with E-state index in [1.807, 2.05) is 0 Å².